The van der Waals surface area contributed by atoms with Crippen LogP contribution in [0.5, 0.6) is 0 Å². The van der Waals surface area contributed by atoms with Gasteiger partial charge in [-0.15, -0.1) is 11.3 Å². The van der Waals surface area contributed by atoms with Gasteiger partial charge in [0.15, 0.2) is 0 Å². The molecule has 4 aromatic rings. The van der Waals surface area contributed by atoms with Crippen LogP contribution in [0.25, 0.3) is 20.8 Å². The first-order valence-electron chi connectivity index (χ1n) is 11.8. The van der Waals surface area contributed by atoms with Crippen LogP contribution in [0.3, 0.4) is 0 Å². The highest BCUT2D eigenvalue weighted by Crippen LogP contribution is 2.38. The fourth-order valence-electron chi connectivity index (χ4n) is 4.49. The second-order valence-corrected chi connectivity index (χ2v) is 9.93. The molecule has 5 rings (SSSR count). The van der Waals surface area contributed by atoms with Crippen LogP contribution in [0.2, 0.25) is 0 Å². The molecule has 0 radical (unpaired) electrons. The highest BCUT2D eigenvalue weighted by Gasteiger charge is 2.41. The van der Waals surface area contributed by atoms with Gasteiger partial charge in [0.1, 0.15) is 22.4 Å². The van der Waals surface area contributed by atoms with Crippen LogP contribution >= 0.6 is 11.3 Å². The van der Waals surface area contributed by atoms with Crippen molar-refractivity contribution in [1.29, 1.82) is 0 Å². The third-order valence-electron chi connectivity index (χ3n) is 6.43. The normalized spacial score (nSPS) is 21.7. The Bertz CT molecular complexity index is 1350. The molecule has 0 aliphatic heterocycles. The molecule has 5 N–H and O–H groups in total. The van der Waals surface area contributed by atoms with Gasteiger partial charge in [-0.25, -0.2) is 9.97 Å². The molecule has 4 aromatic heterocycles. The number of nitrogens with one attached hydrogen (secondary N) is 2. The molecule has 0 amide bonds. The Morgan fingerprint density at radius 3 is 2.61 bits per heavy atom. The fraction of sp³-hybridized carbons (Fsp3) is 0.417. The number of nitrogens with zero attached hydrogens (tertiary/aromatic N) is 6. The quantitative estimate of drug-likeness (QED) is 0.236. The van der Waals surface area contributed by atoms with Crippen molar-refractivity contribution in [3.05, 3.63) is 47.9 Å². The summed E-state index contributed by atoms with van der Waals surface area (Å²) in [5, 5.41) is 37.8. The number of hydrogen-bond donors (Lipinski definition) is 5. The van der Waals surface area contributed by atoms with E-state index in [1.54, 1.807) is 24.8 Å². The van der Waals surface area contributed by atoms with Crippen LogP contribution in [0, 0.1) is 19.8 Å². The molecule has 1 aliphatic rings. The van der Waals surface area contributed by atoms with Crippen LogP contribution < -0.4 is 10.6 Å². The highest BCUT2D eigenvalue weighted by atomic mass is 32.1. The molecule has 11 nitrogen and oxygen atoms in total. The second-order valence-electron chi connectivity index (χ2n) is 8.90. The third-order valence-corrected chi connectivity index (χ3v) is 7.47. The van der Waals surface area contributed by atoms with Crippen LogP contribution in [0.1, 0.15) is 23.5 Å². The Hall–Kier alpha value is -3.32. The summed E-state index contributed by atoms with van der Waals surface area (Å²) in [5.74, 6) is 0.516. The Morgan fingerprint density at radius 1 is 1.03 bits per heavy atom. The zero-order valence-electron chi connectivity index (χ0n) is 20.0. The molecule has 0 aromatic carbocycles. The first-order chi connectivity index (χ1) is 17.4. The first kappa shape index (κ1) is 24.4. The lowest BCUT2D eigenvalue weighted by Crippen LogP contribution is -2.35. The molecule has 0 spiro atoms. The van der Waals surface area contributed by atoms with Gasteiger partial charge in [0, 0.05) is 50.3 Å². The molecular formula is C24H28N8O3S. The second kappa shape index (κ2) is 10.3. The van der Waals surface area contributed by atoms with Crippen molar-refractivity contribution in [2.75, 3.05) is 23.8 Å². The van der Waals surface area contributed by atoms with Crippen molar-refractivity contribution in [3.63, 3.8) is 0 Å². The number of fused-ring (bicyclic) bond motifs is 1. The monoisotopic (exact) mass is 508 g/mol. The van der Waals surface area contributed by atoms with E-state index in [2.05, 4.69) is 30.6 Å². The largest absolute Gasteiger partial charge is 0.396 e. The smallest absolute Gasteiger partial charge is 0.224 e. The molecule has 1 aliphatic carbocycles. The van der Waals surface area contributed by atoms with E-state index in [1.807, 2.05) is 19.9 Å². The first-order valence-corrected chi connectivity index (χ1v) is 12.6. The van der Waals surface area contributed by atoms with Crippen LogP contribution in [-0.2, 0) is 6.42 Å². The standard InChI is InChI=1S/C24H28N8O3S/c1-12-18(23-31-19-13(2)26-6-4-17(19)36-23)22(30-16-9-14(11-33)20(34)21(16)35)32-24(29-12)28-5-3-15-10-25-7-8-27-15/h4,6-8,10,14,16,20-21,33-35H,3,5,9,11H2,1-2H3,(H2,28,29,30,32)/t14-,16-,20-,21+/m1/s1. The zero-order valence-corrected chi connectivity index (χ0v) is 20.8. The predicted octanol–water partition coefficient (Wildman–Crippen LogP) is 1.72. The molecule has 0 unspecified atom stereocenters. The van der Waals surface area contributed by atoms with Gasteiger partial charge in [0.05, 0.1) is 39.5 Å². The molecule has 1 fully saturated rings. The topological polar surface area (TPSA) is 162 Å². The summed E-state index contributed by atoms with van der Waals surface area (Å²) >= 11 is 1.52. The number of anilines is 2. The van der Waals surface area contributed by atoms with Gasteiger partial charge in [-0.2, -0.15) is 4.98 Å². The number of aromatic nitrogens is 6. The molecular weight excluding hydrogens is 480 g/mol. The molecule has 0 bridgehead atoms. The van der Waals surface area contributed by atoms with Gasteiger partial charge in [-0.05, 0) is 26.3 Å². The summed E-state index contributed by atoms with van der Waals surface area (Å²) in [4.78, 5) is 27.0. The Morgan fingerprint density at radius 2 is 1.89 bits per heavy atom. The summed E-state index contributed by atoms with van der Waals surface area (Å²) in [5.41, 5.74) is 3.96. The number of rotatable bonds is 8. The number of aliphatic hydroxyl groups excluding tert-OH is 3. The zero-order chi connectivity index (χ0) is 25.2. The molecule has 4 atom stereocenters. The van der Waals surface area contributed by atoms with E-state index in [-0.39, 0.29) is 6.61 Å². The van der Waals surface area contributed by atoms with Crippen molar-refractivity contribution in [2.24, 2.45) is 5.92 Å². The fourth-order valence-corrected chi connectivity index (χ4v) is 5.60. The van der Waals surface area contributed by atoms with Crippen LogP contribution in [0.4, 0.5) is 11.8 Å². The molecule has 4 heterocycles. The number of pyridine rings is 1. The average molecular weight is 509 g/mol. The maximum atomic E-state index is 10.6. The van der Waals surface area contributed by atoms with Crippen molar-refractivity contribution in [2.45, 2.75) is 44.9 Å². The summed E-state index contributed by atoms with van der Waals surface area (Å²) < 4.78 is 1.01. The number of thiazole rings is 1. The Labute approximate surface area is 211 Å². The molecule has 1 saturated carbocycles. The Balaban J connectivity index is 1.48. The predicted molar refractivity (Wildman–Crippen MR) is 137 cm³/mol. The maximum Gasteiger partial charge on any atom is 0.224 e. The SMILES string of the molecule is Cc1nc(NCCc2cnccn2)nc(N[C@@H]2C[C@H](CO)[C@@H](O)[C@H]2O)c1-c1nc2c(C)nccc2s1. The third kappa shape index (κ3) is 4.85. The van der Waals surface area contributed by atoms with Gasteiger partial charge >= 0.3 is 0 Å². The summed E-state index contributed by atoms with van der Waals surface area (Å²) in [6.07, 6.45) is 5.77. The van der Waals surface area contributed by atoms with Gasteiger partial charge in [0.2, 0.25) is 5.95 Å². The van der Waals surface area contributed by atoms with E-state index in [0.29, 0.717) is 36.8 Å². The van der Waals surface area contributed by atoms with Crippen molar-refractivity contribution >= 4 is 33.3 Å². The molecule has 36 heavy (non-hydrogen) atoms. The van der Waals surface area contributed by atoms with Gasteiger partial charge < -0.3 is 26.0 Å². The average Bonchev–Trinajstić information content (AvgIpc) is 3.42. The lowest BCUT2D eigenvalue weighted by molar-refractivity contribution is 0.00446. The van der Waals surface area contributed by atoms with Crippen molar-refractivity contribution < 1.29 is 15.3 Å². The minimum atomic E-state index is -1.04. The minimum Gasteiger partial charge on any atom is -0.396 e. The lowest BCUT2D eigenvalue weighted by Gasteiger charge is -2.21. The minimum absolute atomic E-state index is 0.203. The van der Waals surface area contributed by atoms with E-state index in [1.165, 1.54) is 11.3 Å². The number of aliphatic hydroxyl groups is 3. The lowest BCUT2D eigenvalue weighted by atomic mass is 10.1. The highest BCUT2D eigenvalue weighted by molar-refractivity contribution is 7.21. The van der Waals surface area contributed by atoms with Gasteiger partial charge in [0.25, 0.3) is 0 Å². The van der Waals surface area contributed by atoms with E-state index < -0.39 is 24.2 Å². The maximum absolute atomic E-state index is 10.6. The van der Waals surface area contributed by atoms with E-state index in [4.69, 9.17) is 9.97 Å². The molecule has 12 heteroatoms. The van der Waals surface area contributed by atoms with Gasteiger partial charge in [-0.3, -0.25) is 15.0 Å². The van der Waals surface area contributed by atoms with Crippen molar-refractivity contribution in [3.8, 4) is 10.6 Å². The number of aryl methyl sites for hydroxylation is 2. The van der Waals surface area contributed by atoms with Crippen LogP contribution in [0.15, 0.2) is 30.9 Å². The molecule has 188 valence electrons. The van der Waals surface area contributed by atoms with Crippen LogP contribution in [-0.4, -0.2) is 76.6 Å². The van der Waals surface area contributed by atoms with E-state index >= 15 is 0 Å². The summed E-state index contributed by atoms with van der Waals surface area (Å²) in [7, 11) is 0. The van der Waals surface area contributed by atoms with Gasteiger partial charge in [-0.1, -0.05) is 0 Å². The Kier molecular flexibility index (Phi) is 7.01. The molecule has 0 saturated heterocycles. The van der Waals surface area contributed by atoms with Crippen molar-refractivity contribution in [1.82, 2.24) is 29.9 Å². The van der Waals surface area contributed by atoms with E-state index in [0.717, 1.165) is 32.2 Å². The summed E-state index contributed by atoms with van der Waals surface area (Å²) in [6.45, 7) is 4.17. The summed E-state index contributed by atoms with van der Waals surface area (Å²) in [6, 6.07) is 1.44. The number of hydrogen-bond acceptors (Lipinski definition) is 12. The van der Waals surface area contributed by atoms with E-state index in [9.17, 15) is 15.3 Å².